The van der Waals surface area contributed by atoms with Gasteiger partial charge >= 0.3 is 0 Å². The summed E-state index contributed by atoms with van der Waals surface area (Å²) in [6.45, 7) is 2.12. The molecule has 3 rings (SSSR count). The predicted octanol–water partition coefficient (Wildman–Crippen LogP) is 0.773. The van der Waals surface area contributed by atoms with E-state index in [0.29, 0.717) is 6.54 Å². The molecule has 6 nitrogen and oxygen atoms in total. The van der Waals surface area contributed by atoms with Crippen molar-refractivity contribution in [2.45, 2.75) is 25.4 Å². The molecule has 1 amide bonds. The first-order chi connectivity index (χ1) is 11.2. The molecule has 2 heterocycles. The second-order valence-corrected chi connectivity index (χ2v) is 5.72. The molecule has 1 saturated heterocycles. The summed E-state index contributed by atoms with van der Waals surface area (Å²) in [6.07, 6.45) is 2.01. The van der Waals surface area contributed by atoms with Crippen LogP contribution >= 0.6 is 0 Å². The molecule has 1 aromatic heterocycles. The first-order valence-corrected chi connectivity index (χ1v) is 7.86. The van der Waals surface area contributed by atoms with Gasteiger partial charge in [0.1, 0.15) is 5.69 Å². The lowest BCUT2D eigenvalue weighted by atomic mass is 10.1. The van der Waals surface area contributed by atoms with E-state index < -0.39 is 0 Å². The van der Waals surface area contributed by atoms with Crippen LogP contribution in [0.1, 0.15) is 28.9 Å². The third-order valence-corrected chi connectivity index (χ3v) is 3.91. The van der Waals surface area contributed by atoms with Gasteiger partial charge in [0.2, 0.25) is 0 Å². The van der Waals surface area contributed by atoms with Gasteiger partial charge in [0.25, 0.3) is 11.5 Å². The van der Waals surface area contributed by atoms with Gasteiger partial charge in [-0.15, -0.1) is 0 Å². The van der Waals surface area contributed by atoms with E-state index in [9.17, 15) is 9.59 Å². The number of benzene rings is 1. The molecule has 0 bridgehead atoms. The van der Waals surface area contributed by atoms with Gasteiger partial charge < -0.3 is 10.6 Å². The zero-order valence-electron chi connectivity index (χ0n) is 12.9. The van der Waals surface area contributed by atoms with Gasteiger partial charge in [0, 0.05) is 18.7 Å². The fourth-order valence-corrected chi connectivity index (χ4v) is 2.67. The van der Waals surface area contributed by atoms with Gasteiger partial charge in [-0.25, -0.2) is 4.68 Å². The van der Waals surface area contributed by atoms with E-state index in [-0.39, 0.29) is 23.2 Å². The summed E-state index contributed by atoms with van der Waals surface area (Å²) < 4.78 is 1.32. The van der Waals surface area contributed by atoms with Crippen LogP contribution in [0.3, 0.4) is 0 Å². The van der Waals surface area contributed by atoms with E-state index in [1.807, 2.05) is 30.3 Å². The number of rotatable bonds is 4. The third-order valence-electron chi connectivity index (χ3n) is 3.91. The number of nitrogens with zero attached hydrogens (tertiary/aromatic N) is 2. The van der Waals surface area contributed by atoms with Crippen LogP contribution in [0.4, 0.5) is 0 Å². The maximum atomic E-state index is 12.3. The summed E-state index contributed by atoms with van der Waals surface area (Å²) in [5.74, 6) is -0.236. The molecule has 0 unspecified atom stereocenters. The highest BCUT2D eigenvalue weighted by molar-refractivity contribution is 5.92. The Bertz CT molecular complexity index is 721. The molecule has 1 aliphatic heterocycles. The van der Waals surface area contributed by atoms with Crippen molar-refractivity contribution in [2.24, 2.45) is 0 Å². The summed E-state index contributed by atoms with van der Waals surface area (Å²) in [5.41, 5.74) is 1.02. The summed E-state index contributed by atoms with van der Waals surface area (Å²) in [6, 6.07) is 12.6. The monoisotopic (exact) mass is 312 g/mol. The molecule has 120 valence electrons. The quantitative estimate of drug-likeness (QED) is 0.874. The largest absolute Gasteiger partial charge is 0.347 e. The van der Waals surface area contributed by atoms with Crippen molar-refractivity contribution in [2.75, 3.05) is 13.1 Å². The first kappa shape index (κ1) is 15.4. The van der Waals surface area contributed by atoms with Gasteiger partial charge in [-0.2, -0.15) is 5.10 Å². The summed E-state index contributed by atoms with van der Waals surface area (Å²) >= 11 is 0. The molecule has 1 aliphatic rings. The average Bonchev–Trinajstić information content (AvgIpc) is 2.58. The van der Waals surface area contributed by atoms with Crippen molar-refractivity contribution in [3.8, 4) is 0 Å². The van der Waals surface area contributed by atoms with Crippen LogP contribution in [-0.2, 0) is 6.54 Å². The van der Waals surface area contributed by atoms with Gasteiger partial charge in [-0.3, -0.25) is 9.59 Å². The zero-order valence-corrected chi connectivity index (χ0v) is 12.9. The van der Waals surface area contributed by atoms with E-state index in [4.69, 9.17) is 0 Å². The van der Waals surface area contributed by atoms with Crippen molar-refractivity contribution in [3.63, 3.8) is 0 Å². The normalized spacial score (nSPS) is 17.7. The van der Waals surface area contributed by atoms with Crippen LogP contribution in [0.2, 0.25) is 0 Å². The maximum absolute atomic E-state index is 12.3. The topological polar surface area (TPSA) is 76.0 Å². The second-order valence-electron chi connectivity index (χ2n) is 5.72. The van der Waals surface area contributed by atoms with E-state index in [0.717, 1.165) is 31.5 Å². The Morgan fingerprint density at radius 2 is 2.09 bits per heavy atom. The Balaban J connectivity index is 1.74. The number of carbonyl (C=O) groups excluding carboxylic acids is 1. The third kappa shape index (κ3) is 4.04. The van der Waals surface area contributed by atoms with E-state index in [2.05, 4.69) is 15.7 Å². The van der Waals surface area contributed by atoms with Crippen LogP contribution < -0.4 is 16.2 Å². The van der Waals surface area contributed by atoms with Crippen LogP contribution in [0.5, 0.6) is 0 Å². The zero-order chi connectivity index (χ0) is 16.1. The van der Waals surface area contributed by atoms with Crippen LogP contribution in [0, 0.1) is 0 Å². The lowest BCUT2D eigenvalue weighted by Gasteiger charge is -2.23. The van der Waals surface area contributed by atoms with E-state index in [1.54, 1.807) is 0 Å². The van der Waals surface area contributed by atoms with Gasteiger partial charge in [0.15, 0.2) is 0 Å². The minimum absolute atomic E-state index is 0.118. The highest BCUT2D eigenvalue weighted by Gasteiger charge is 2.17. The molecule has 1 aromatic carbocycles. The standard InChI is InChI=1S/C17H20N4O2/c22-16-9-8-15(17(23)19-14-7-4-10-18-11-14)20-21(16)12-13-5-2-1-3-6-13/h1-3,5-6,8-9,14,18H,4,7,10-12H2,(H,19,23)/t14-/m0/s1. The molecule has 0 saturated carbocycles. The van der Waals surface area contributed by atoms with Crippen molar-refractivity contribution in [1.82, 2.24) is 20.4 Å². The molecule has 1 atom stereocenters. The van der Waals surface area contributed by atoms with Crippen LogP contribution in [0.15, 0.2) is 47.3 Å². The van der Waals surface area contributed by atoms with Crippen LogP contribution in [0.25, 0.3) is 0 Å². The lowest BCUT2D eigenvalue weighted by molar-refractivity contribution is 0.0923. The van der Waals surface area contributed by atoms with Crippen molar-refractivity contribution in [3.05, 3.63) is 64.1 Å². The first-order valence-electron chi connectivity index (χ1n) is 7.86. The second kappa shape index (κ2) is 7.19. The Hall–Kier alpha value is -2.47. The number of aromatic nitrogens is 2. The van der Waals surface area contributed by atoms with Gasteiger partial charge in [-0.1, -0.05) is 30.3 Å². The predicted molar refractivity (Wildman–Crippen MR) is 87.4 cm³/mol. The van der Waals surface area contributed by atoms with Crippen molar-refractivity contribution >= 4 is 5.91 Å². The average molecular weight is 312 g/mol. The SMILES string of the molecule is O=C(N[C@H]1CCCNC1)c1ccc(=O)n(Cc2ccccc2)n1. The smallest absolute Gasteiger partial charge is 0.271 e. The summed E-state index contributed by atoms with van der Waals surface area (Å²) in [5, 5.41) is 10.4. The summed E-state index contributed by atoms with van der Waals surface area (Å²) in [4.78, 5) is 24.3. The number of carbonyl (C=O) groups is 1. The minimum Gasteiger partial charge on any atom is -0.347 e. The Morgan fingerprint density at radius 3 is 2.83 bits per heavy atom. The summed E-state index contributed by atoms with van der Waals surface area (Å²) in [7, 11) is 0. The molecular weight excluding hydrogens is 292 g/mol. The number of amides is 1. The highest BCUT2D eigenvalue weighted by atomic mass is 16.2. The molecule has 1 fully saturated rings. The van der Waals surface area contributed by atoms with Gasteiger partial charge in [-0.05, 0) is 31.0 Å². The molecule has 6 heteroatoms. The van der Waals surface area contributed by atoms with Crippen molar-refractivity contribution < 1.29 is 4.79 Å². The Morgan fingerprint density at radius 1 is 1.26 bits per heavy atom. The minimum atomic E-state index is -0.236. The maximum Gasteiger partial charge on any atom is 0.271 e. The number of hydrogen-bond donors (Lipinski definition) is 2. The number of nitrogens with one attached hydrogen (secondary N) is 2. The van der Waals surface area contributed by atoms with Gasteiger partial charge in [0.05, 0.1) is 6.54 Å². The van der Waals surface area contributed by atoms with E-state index >= 15 is 0 Å². The van der Waals surface area contributed by atoms with E-state index in [1.165, 1.54) is 16.8 Å². The molecule has 2 aromatic rings. The number of piperidine rings is 1. The Kier molecular flexibility index (Phi) is 4.83. The molecule has 0 spiro atoms. The Labute approximate surface area is 134 Å². The van der Waals surface area contributed by atoms with Crippen molar-refractivity contribution in [1.29, 1.82) is 0 Å². The lowest BCUT2D eigenvalue weighted by Crippen LogP contribution is -2.46. The highest BCUT2D eigenvalue weighted by Crippen LogP contribution is 2.03. The number of hydrogen-bond acceptors (Lipinski definition) is 4. The fourth-order valence-electron chi connectivity index (χ4n) is 2.67. The van der Waals surface area contributed by atoms with Crippen LogP contribution in [-0.4, -0.2) is 34.8 Å². The molecule has 0 aliphatic carbocycles. The molecular formula is C17H20N4O2. The molecule has 23 heavy (non-hydrogen) atoms. The molecule has 2 N–H and O–H groups in total. The fraction of sp³-hybridized carbons (Fsp3) is 0.353. The molecule has 0 radical (unpaired) electrons.